The Bertz CT molecular complexity index is 68.3. The Morgan fingerprint density at radius 2 is 1.88 bits per heavy atom. The van der Waals surface area contributed by atoms with E-state index in [1.807, 2.05) is 0 Å². The van der Waals surface area contributed by atoms with Crippen LogP contribution in [-0.4, -0.2) is 54.9 Å². The number of halogens is 1. The molecule has 5 heteroatoms. The van der Waals surface area contributed by atoms with Gasteiger partial charge in [0.2, 0.25) is 0 Å². The van der Waals surface area contributed by atoms with Crippen molar-refractivity contribution in [3.05, 3.63) is 0 Å². The van der Waals surface area contributed by atoms with Crippen molar-refractivity contribution in [1.29, 1.82) is 0 Å². The van der Waals surface area contributed by atoms with E-state index in [-0.39, 0.29) is 50.1 Å². The van der Waals surface area contributed by atoms with Gasteiger partial charge in [0.05, 0.1) is 0 Å². The third-order valence-electron chi connectivity index (χ3n) is 0.390. The molecule has 0 radical (unpaired) electrons. The molecule has 0 saturated carbocycles. The molecule has 0 aliphatic heterocycles. The predicted molar refractivity (Wildman–Crippen MR) is 37.1 cm³/mol. The van der Waals surface area contributed by atoms with Crippen LogP contribution in [0.4, 0.5) is 0 Å². The Labute approximate surface area is 84.0 Å². The number of nitrogens with two attached hydrogens (primary N) is 1. The van der Waals surface area contributed by atoms with Crippen LogP contribution in [-0.2, 0) is 4.79 Å². The average Bonchev–Trinajstić information content (AvgIpc) is 1.36. The second kappa shape index (κ2) is 7.98. The maximum absolute atomic E-state index is 9.57. The Balaban J connectivity index is -0.000000125. The van der Waals surface area contributed by atoms with Crippen LogP contribution in [0.5, 0.6) is 0 Å². The van der Waals surface area contributed by atoms with Gasteiger partial charge in [-0.2, -0.15) is 0 Å². The van der Waals surface area contributed by atoms with Crippen LogP contribution in [0.15, 0.2) is 0 Å². The molecule has 0 aromatic carbocycles. The third-order valence-corrected chi connectivity index (χ3v) is 0.390. The van der Waals surface area contributed by atoms with Crippen molar-refractivity contribution in [2.75, 3.05) is 0 Å². The van der Waals surface area contributed by atoms with E-state index in [2.05, 4.69) is 0 Å². The quantitative estimate of drug-likeness (QED) is 0.489. The summed E-state index contributed by atoms with van der Waals surface area (Å²) in [7, 11) is 0. The summed E-state index contributed by atoms with van der Waals surface area (Å²) in [5.74, 6) is -0.963. The third kappa shape index (κ3) is 10.1. The van der Waals surface area contributed by atoms with Gasteiger partial charge in [0.25, 0.3) is 0 Å². The standard InChI is InChI=1S/C3H7NO2.Ca.ClH.2H/c1-2(4)3(5)6;;;;/h2H,4H2,1H3,(H,5,6);;1H;;. The number of carboxylic acids is 1. The summed E-state index contributed by atoms with van der Waals surface area (Å²) in [5, 5.41) is 7.87. The fourth-order valence-corrected chi connectivity index (χ4v) is 0. The summed E-state index contributed by atoms with van der Waals surface area (Å²) in [6, 6.07) is -0.731. The summed E-state index contributed by atoms with van der Waals surface area (Å²) in [6.45, 7) is 1.42. The van der Waals surface area contributed by atoms with Crippen LogP contribution < -0.4 is 5.73 Å². The first kappa shape index (κ1) is 16.0. The van der Waals surface area contributed by atoms with Crippen LogP contribution >= 0.6 is 12.4 Å². The number of aliphatic carboxylic acids is 1. The van der Waals surface area contributed by atoms with E-state index < -0.39 is 12.0 Å². The van der Waals surface area contributed by atoms with Crippen molar-refractivity contribution >= 4 is 56.1 Å². The molecule has 0 spiro atoms. The summed E-state index contributed by atoms with van der Waals surface area (Å²) < 4.78 is 0. The van der Waals surface area contributed by atoms with Crippen molar-refractivity contribution in [3.63, 3.8) is 0 Å². The molecule has 0 saturated heterocycles. The van der Waals surface area contributed by atoms with Gasteiger partial charge in [0.1, 0.15) is 6.04 Å². The monoisotopic (exact) mass is 167 g/mol. The maximum atomic E-state index is 9.57. The van der Waals surface area contributed by atoms with E-state index in [0.717, 1.165) is 0 Å². The van der Waals surface area contributed by atoms with Gasteiger partial charge in [-0.05, 0) is 6.92 Å². The fourth-order valence-electron chi connectivity index (χ4n) is 0. The molecule has 1 atom stereocenters. The van der Waals surface area contributed by atoms with Crippen molar-refractivity contribution in [2.45, 2.75) is 13.0 Å². The number of carboxylic acid groups (broad SMARTS) is 1. The van der Waals surface area contributed by atoms with Crippen LogP contribution in [0, 0.1) is 0 Å². The molecule has 1 unspecified atom stereocenters. The molecule has 0 aromatic heterocycles. The second-order valence-corrected chi connectivity index (χ2v) is 1.13. The Kier molecular flexibility index (Phi) is 16.0. The molecule has 8 heavy (non-hydrogen) atoms. The predicted octanol–water partition coefficient (Wildman–Crippen LogP) is -1.08. The zero-order chi connectivity index (χ0) is 5.15. The molecule has 3 N–H and O–H groups in total. The van der Waals surface area contributed by atoms with Crippen LogP contribution in [0.25, 0.3) is 0 Å². The molecule has 48 valence electrons. The van der Waals surface area contributed by atoms with E-state index in [9.17, 15) is 4.79 Å². The zero-order valence-corrected chi connectivity index (χ0v) is 4.73. The molecule has 0 aliphatic carbocycles. The van der Waals surface area contributed by atoms with Crippen LogP contribution in [0.1, 0.15) is 6.92 Å². The molecular formula is C3H10CaClNO2. The van der Waals surface area contributed by atoms with Gasteiger partial charge in [-0.1, -0.05) is 0 Å². The van der Waals surface area contributed by atoms with Crippen LogP contribution in [0.3, 0.4) is 0 Å². The molecule has 0 rings (SSSR count). The Morgan fingerprint density at radius 3 is 1.88 bits per heavy atom. The topological polar surface area (TPSA) is 63.3 Å². The molecular weight excluding hydrogens is 158 g/mol. The zero-order valence-electron chi connectivity index (χ0n) is 3.92. The van der Waals surface area contributed by atoms with Gasteiger partial charge in [0, 0.05) is 0 Å². The molecule has 0 aliphatic rings. The van der Waals surface area contributed by atoms with Crippen LogP contribution in [0.2, 0.25) is 0 Å². The van der Waals surface area contributed by atoms with E-state index in [0.29, 0.717) is 0 Å². The van der Waals surface area contributed by atoms with E-state index in [1.54, 1.807) is 0 Å². The molecule has 0 amide bonds. The van der Waals surface area contributed by atoms with Crippen molar-refractivity contribution in [2.24, 2.45) is 5.73 Å². The van der Waals surface area contributed by atoms with E-state index in [4.69, 9.17) is 10.8 Å². The summed E-state index contributed by atoms with van der Waals surface area (Å²) in [6.07, 6.45) is 0. The average molecular weight is 168 g/mol. The van der Waals surface area contributed by atoms with Gasteiger partial charge in [-0.3, -0.25) is 4.79 Å². The normalized spacial score (nSPS) is 10.2. The molecule has 0 heterocycles. The first-order valence-electron chi connectivity index (χ1n) is 1.63. The van der Waals surface area contributed by atoms with Gasteiger partial charge in [0.15, 0.2) is 0 Å². The number of carbonyl (C=O) groups is 1. The molecule has 0 bridgehead atoms. The van der Waals surface area contributed by atoms with Crippen molar-refractivity contribution in [3.8, 4) is 0 Å². The fraction of sp³-hybridized carbons (Fsp3) is 0.667. The van der Waals surface area contributed by atoms with Crippen molar-refractivity contribution < 1.29 is 9.90 Å². The first-order valence-corrected chi connectivity index (χ1v) is 1.63. The minimum atomic E-state index is -0.963. The minimum absolute atomic E-state index is 0. The number of rotatable bonds is 1. The summed E-state index contributed by atoms with van der Waals surface area (Å²) in [5.41, 5.74) is 4.84. The van der Waals surface area contributed by atoms with Crippen molar-refractivity contribution in [1.82, 2.24) is 0 Å². The van der Waals surface area contributed by atoms with Gasteiger partial charge in [-0.15, -0.1) is 12.4 Å². The SMILES string of the molecule is CC(N)C(=O)O.Cl.[CaH2]. The van der Waals surface area contributed by atoms with Gasteiger partial charge < -0.3 is 10.8 Å². The number of hydrogen-bond donors (Lipinski definition) is 2. The molecule has 3 nitrogen and oxygen atoms in total. The van der Waals surface area contributed by atoms with E-state index >= 15 is 0 Å². The van der Waals surface area contributed by atoms with Gasteiger partial charge in [-0.25, -0.2) is 0 Å². The van der Waals surface area contributed by atoms with E-state index in [1.165, 1.54) is 6.92 Å². The molecule has 0 fully saturated rings. The first-order chi connectivity index (χ1) is 2.64. The second-order valence-electron chi connectivity index (χ2n) is 1.13. The summed E-state index contributed by atoms with van der Waals surface area (Å²) in [4.78, 5) is 9.57. The van der Waals surface area contributed by atoms with Gasteiger partial charge >= 0.3 is 43.7 Å². The number of hydrogen-bond acceptors (Lipinski definition) is 2. The summed E-state index contributed by atoms with van der Waals surface area (Å²) >= 11 is 0. The Hall–Kier alpha value is 0.980. The molecule has 0 aromatic rings. The Morgan fingerprint density at radius 1 is 1.75 bits per heavy atom.